The lowest BCUT2D eigenvalue weighted by Gasteiger charge is -2.18. The Kier molecular flexibility index (Phi) is 4.91. The zero-order valence-electron chi connectivity index (χ0n) is 14.0. The van der Waals surface area contributed by atoms with Crippen LogP contribution in [-0.2, 0) is 16.6 Å². The number of sulfonamides is 1. The summed E-state index contributed by atoms with van der Waals surface area (Å²) in [6.07, 6.45) is 1.23. The second kappa shape index (κ2) is 6.79. The van der Waals surface area contributed by atoms with Crippen molar-refractivity contribution in [3.05, 3.63) is 30.6 Å². The first-order valence-electron chi connectivity index (χ1n) is 8.07. The number of hydrogen-bond donors (Lipinski definition) is 1. The molecule has 1 aliphatic heterocycles. The average Bonchev–Trinajstić information content (AvgIpc) is 3.09. The fourth-order valence-corrected chi connectivity index (χ4v) is 4.31. The zero-order chi connectivity index (χ0) is 17.3. The third-order valence-corrected chi connectivity index (χ3v) is 6.61. The fourth-order valence-electron chi connectivity index (χ4n) is 3.15. The van der Waals surface area contributed by atoms with Crippen molar-refractivity contribution in [2.45, 2.75) is 12.6 Å². The summed E-state index contributed by atoms with van der Waals surface area (Å²) in [6.45, 7) is 2.64. The van der Waals surface area contributed by atoms with E-state index in [1.54, 1.807) is 0 Å². The second-order valence-electron chi connectivity index (χ2n) is 6.57. The van der Waals surface area contributed by atoms with Crippen LogP contribution >= 0.6 is 0 Å². The van der Waals surface area contributed by atoms with Crippen molar-refractivity contribution in [2.24, 2.45) is 5.92 Å². The van der Waals surface area contributed by atoms with Gasteiger partial charge in [-0.1, -0.05) is 12.1 Å². The SMILES string of the molecule is CN(C)S(=O)(=O)C[C@@H]1CN(CCn2cnc3ccccc32)C[C@H]1O. The largest absolute Gasteiger partial charge is 0.391 e. The number of aliphatic hydroxyl groups is 1. The van der Waals surface area contributed by atoms with Gasteiger partial charge in [-0.2, -0.15) is 0 Å². The third kappa shape index (κ3) is 3.61. The van der Waals surface area contributed by atoms with E-state index in [2.05, 4.69) is 14.5 Å². The van der Waals surface area contributed by atoms with Crippen molar-refractivity contribution < 1.29 is 13.5 Å². The molecule has 24 heavy (non-hydrogen) atoms. The molecule has 0 bridgehead atoms. The van der Waals surface area contributed by atoms with Crippen molar-refractivity contribution in [1.29, 1.82) is 0 Å². The number of nitrogens with zero attached hydrogens (tertiary/aromatic N) is 4. The van der Waals surface area contributed by atoms with Crippen LogP contribution in [0.3, 0.4) is 0 Å². The molecule has 1 fully saturated rings. The number of β-amino-alcohol motifs (C(OH)–C–C–N with tert-alkyl or cyclic N) is 1. The summed E-state index contributed by atoms with van der Waals surface area (Å²) in [5.74, 6) is -0.247. The maximum atomic E-state index is 12.0. The molecule has 0 saturated carbocycles. The summed E-state index contributed by atoms with van der Waals surface area (Å²) < 4.78 is 27.3. The van der Waals surface area contributed by atoms with Gasteiger partial charge < -0.3 is 9.67 Å². The highest BCUT2D eigenvalue weighted by atomic mass is 32.2. The molecule has 1 aromatic heterocycles. The highest BCUT2D eigenvalue weighted by Gasteiger charge is 2.35. The molecule has 2 heterocycles. The Morgan fingerprint density at radius 2 is 2.00 bits per heavy atom. The van der Waals surface area contributed by atoms with Crippen molar-refractivity contribution >= 4 is 21.1 Å². The van der Waals surface area contributed by atoms with E-state index < -0.39 is 16.1 Å². The molecule has 0 spiro atoms. The lowest BCUT2D eigenvalue weighted by atomic mass is 10.1. The Morgan fingerprint density at radius 3 is 2.75 bits per heavy atom. The summed E-state index contributed by atoms with van der Waals surface area (Å²) in [6, 6.07) is 7.97. The van der Waals surface area contributed by atoms with Crippen LogP contribution in [0.2, 0.25) is 0 Å². The number of likely N-dealkylation sites (tertiary alicyclic amines) is 1. The first-order valence-corrected chi connectivity index (χ1v) is 9.68. The molecule has 3 rings (SSSR count). The Hall–Kier alpha value is -1.48. The normalized spacial score (nSPS) is 22.7. The van der Waals surface area contributed by atoms with Crippen molar-refractivity contribution in [1.82, 2.24) is 18.8 Å². The van der Waals surface area contributed by atoms with Crippen LogP contribution in [0.5, 0.6) is 0 Å². The van der Waals surface area contributed by atoms with Gasteiger partial charge in [-0.3, -0.25) is 4.90 Å². The third-order valence-electron chi connectivity index (χ3n) is 4.65. The van der Waals surface area contributed by atoms with Gasteiger partial charge in [0.2, 0.25) is 10.0 Å². The second-order valence-corrected chi connectivity index (χ2v) is 8.80. The van der Waals surface area contributed by atoms with E-state index in [0.717, 1.165) is 24.1 Å². The number of aromatic nitrogens is 2. The first kappa shape index (κ1) is 17.3. The van der Waals surface area contributed by atoms with E-state index in [1.807, 2.05) is 30.6 Å². The van der Waals surface area contributed by atoms with Gasteiger partial charge in [0.1, 0.15) is 0 Å². The van der Waals surface area contributed by atoms with Gasteiger partial charge >= 0.3 is 0 Å². The summed E-state index contributed by atoms with van der Waals surface area (Å²) in [5, 5.41) is 10.2. The summed E-state index contributed by atoms with van der Waals surface area (Å²) in [5.41, 5.74) is 2.05. The standard InChI is InChI=1S/C16H24N4O3S/c1-18(2)24(22,23)11-13-9-19(10-16(13)21)7-8-20-12-17-14-5-3-4-6-15(14)20/h3-6,12-13,16,21H,7-11H2,1-2H3/t13-,16+/m0/s1. The monoisotopic (exact) mass is 352 g/mol. The Morgan fingerprint density at radius 1 is 1.25 bits per heavy atom. The molecular formula is C16H24N4O3S. The van der Waals surface area contributed by atoms with Crippen LogP contribution in [0, 0.1) is 5.92 Å². The predicted molar refractivity (Wildman–Crippen MR) is 93.1 cm³/mol. The van der Waals surface area contributed by atoms with Crippen LogP contribution in [0.15, 0.2) is 30.6 Å². The summed E-state index contributed by atoms with van der Waals surface area (Å²) in [7, 11) is -0.241. The molecule has 0 aliphatic carbocycles. The van der Waals surface area contributed by atoms with Gasteiger partial charge in [0.25, 0.3) is 0 Å². The van der Waals surface area contributed by atoms with Gasteiger partial charge in [-0.25, -0.2) is 17.7 Å². The molecule has 132 valence electrons. The Bertz CT molecular complexity index is 803. The van der Waals surface area contributed by atoms with E-state index in [4.69, 9.17) is 0 Å². The molecule has 7 nitrogen and oxygen atoms in total. The molecule has 8 heteroatoms. The molecule has 0 amide bonds. The molecule has 2 aromatic rings. The Labute approximate surface area is 142 Å². The lowest BCUT2D eigenvalue weighted by molar-refractivity contribution is 0.148. The van der Waals surface area contributed by atoms with Gasteiger partial charge in [-0.05, 0) is 12.1 Å². The minimum atomic E-state index is -3.29. The number of aliphatic hydroxyl groups excluding tert-OH is 1. The number of rotatable bonds is 6. The predicted octanol–water partition coefficient (Wildman–Crippen LogP) is 0.220. The number of para-hydroxylation sites is 2. The molecule has 1 aromatic carbocycles. The number of fused-ring (bicyclic) bond motifs is 1. The fraction of sp³-hybridized carbons (Fsp3) is 0.562. The van der Waals surface area contributed by atoms with Gasteiger partial charge in [0, 0.05) is 46.2 Å². The van der Waals surface area contributed by atoms with Gasteiger partial charge in [0.15, 0.2) is 0 Å². The molecule has 0 radical (unpaired) electrons. The van der Waals surface area contributed by atoms with E-state index in [0.29, 0.717) is 13.1 Å². The van der Waals surface area contributed by atoms with Crippen molar-refractivity contribution in [3.8, 4) is 0 Å². The number of benzene rings is 1. The maximum absolute atomic E-state index is 12.0. The molecule has 1 aliphatic rings. The van der Waals surface area contributed by atoms with Gasteiger partial charge in [-0.15, -0.1) is 0 Å². The highest BCUT2D eigenvalue weighted by molar-refractivity contribution is 7.89. The number of hydrogen-bond acceptors (Lipinski definition) is 5. The van der Waals surface area contributed by atoms with Crippen molar-refractivity contribution in [3.63, 3.8) is 0 Å². The van der Waals surface area contributed by atoms with Crippen LogP contribution < -0.4 is 0 Å². The minimum absolute atomic E-state index is 0.00826. The van der Waals surface area contributed by atoms with Crippen LogP contribution in [0.1, 0.15) is 0 Å². The minimum Gasteiger partial charge on any atom is -0.391 e. The first-order chi connectivity index (χ1) is 11.4. The van der Waals surface area contributed by atoms with Crippen LogP contribution in [0.25, 0.3) is 11.0 Å². The molecule has 1 saturated heterocycles. The lowest BCUT2D eigenvalue weighted by Crippen LogP contribution is -2.33. The van der Waals surface area contributed by atoms with Crippen molar-refractivity contribution in [2.75, 3.05) is 39.5 Å². The maximum Gasteiger partial charge on any atom is 0.214 e. The van der Waals surface area contributed by atoms with E-state index in [9.17, 15) is 13.5 Å². The summed E-state index contributed by atoms with van der Waals surface area (Å²) in [4.78, 5) is 6.49. The molecule has 2 atom stereocenters. The van der Waals surface area contributed by atoms with Crippen LogP contribution in [-0.4, -0.2) is 77.9 Å². The van der Waals surface area contributed by atoms with E-state index in [1.165, 1.54) is 18.4 Å². The van der Waals surface area contributed by atoms with E-state index in [-0.39, 0.29) is 11.7 Å². The molecule has 0 unspecified atom stereocenters. The molecule has 1 N–H and O–H groups in total. The average molecular weight is 352 g/mol. The van der Waals surface area contributed by atoms with E-state index >= 15 is 0 Å². The quantitative estimate of drug-likeness (QED) is 0.805. The number of imidazole rings is 1. The highest BCUT2D eigenvalue weighted by Crippen LogP contribution is 2.20. The van der Waals surface area contributed by atoms with Gasteiger partial charge in [0.05, 0.1) is 29.2 Å². The molecular weight excluding hydrogens is 328 g/mol. The topological polar surface area (TPSA) is 78.7 Å². The van der Waals surface area contributed by atoms with Crippen LogP contribution in [0.4, 0.5) is 0 Å². The Balaban J connectivity index is 1.59. The summed E-state index contributed by atoms with van der Waals surface area (Å²) >= 11 is 0. The zero-order valence-corrected chi connectivity index (χ0v) is 14.9. The smallest absolute Gasteiger partial charge is 0.214 e.